The molecule has 0 radical (unpaired) electrons. The molecule has 0 saturated heterocycles. The van der Waals surface area contributed by atoms with Crippen LogP contribution >= 0.6 is 0 Å². The Morgan fingerprint density at radius 2 is 1.58 bits per heavy atom. The van der Waals surface area contributed by atoms with Gasteiger partial charge in [0.25, 0.3) is 0 Å². The van der Waals surface area contributed by atoms with Gasteiger partial charge in [0.1, 0.15) is 0 Å². The molecular formula is C17H37NO5Si. The summed E-state index contributed by atoms with van der Waals surface area (Å²) in [4.78, 5) is 11.4. The van der Waals surface area contributed by atoms with Crippen molar-refractivity contribution in [2.24, 2.45) is 11.8 Å². The zero-order chi connectivity index (χ0) is 19.1. The summed E-state index contributed by atoms with van der Waals surface area (Å²) in [6.07, 6.45) is 0.789. The third-order valence-corrected chi connectivity index (χ3v) is 9.88. The van der Waals surface area contributed by atoms with Gasteiger partial charge in [-0.05, 0) is 24.6 Å². The number of methoxy groups -OCH3 is 2. The lowest BCUT2D eigenvalue weighted by atomic mass is 9.87. The average Bonchev–Trinajstić information content (AvgIpc) is 2.42. The molecule has 0 aromatic carbocycles. The second kappa shape index (κ2) is 9.84. The van der Waals surface area contributed by atoms with Crippen LogP contribution in [0.2, 0.25) is 18.1 Å². The second-order valence-corrected chi connectivity index (χ2v) is 13.1. The van der Waals surface area contributed by atoms with E-state index in [4.69, 9.17) is 13.9 Å². The molecule has 0 fully saturated rings. The van der Waals surface area contributed by atoms with Gasteiger partial charge < -0.3 is 13.9 Å². The van der Waals surface area contributed by atoms with Crippen molar-refractivity contribution in [3.63, 3.8) is 0 Å². The molecule has 0 aliphatic carbocycles. The predicted molar refractivity (Wildman–Crippen MR) is 99.3 cm³/mol. The SMILES string of the molecule is COC(C[C@@H](C)C([C@@H](C)CCO[Si](C)(C)C(C)(C)C)[N+](=O)[O-])OC. The number of nitrogens with zero attached hydrogens (tertiary/aromatic N) is 1. The Morgan fingerprint density at radius 1 is 1.08 bits per heavy atom. The van der Waals surface area contributed by atoms with E-state index in [1.165, 1.54) is 0 Å². The Kier molecular flexibility index (Phi) is 9.64. The van der Waals surface area contributed by atoms with Gasteiger partial charge in [-0.15, -0.1) is 0 Å². The molecule has 0 amide bonds. The van der Waals surface area contributed by atoms with Gasteiger partial charge in [0.2, 0.25) is 6.04 Å². The van der Waals surface area contributed by atoms with Gasteiger partial charge in [0, 0.05) is 44.0 Å². The van der Waals surface area contributed by atoms with E-state index in [1.807, 2.05) is 13.8 Å². The summed E-state index contributed by atoms with van der Waals surface area (Å²) >= 11 is 0. The summed E-state index contributed by atoms with van der Waals surface area (Å²) < 4.78 is 16.5. The van der Waals surface area contributed by atoms with Gasteiger partial charge in [0.05, 0.1) is 0 Å². The van der Waals surface area contributed by atoms with Crippen molar-refractivity contribution < 1.29 is 18.8 Å². The molecule has 0 aromatic rings. The van der Waals surface area contributed by atoms with E-state index in [0.717, 1.165) is 0 Å². The first-order valence-electron chi connectivity index (χ1n) is 8.70. The molecule has 7 heteroatoms. The summed E-state index contributed by atoms with van der Waals surface area (Å²) in [5.41, 5.74) is 0. The lowest BCUT2D eigenvalue weighted by Crippen LogP contribution is -2.42. The van der Waals surface area contributed by atoms with Crippen LogP contribution in [0.3, 0.4) is 0 Å². The maximum Gasteiger partial charge on any atom is 0.218 e. The zero-order valence-corrected chi connectivity index (χ0v) is 17.9. The predicted octanol–water partition coefficient (Wildman–Crippen LogP) is 4.32. The topological polar surface area (TPSA) is 70.8 Å². The third-order valence-electron chi connectivity index (χ3n) is 5.34. The van der Waals surface area contributed by atoms with Crippen LogP contribution in [0.25, 0.3) is 0 Å². The molecule has 3 atom stereocenters. The monoisotopic (exact) mass is 363 g/mol. The molecule has 0 saturated carbocycles. The number of hydrogen-bond acceptors (Lipinski definition) is 5. The van der Waals surface area contributed by atoms with Crippen LogP contribution in [0.1, 0.15) is 47.5 Å². The number of hydrogen-bond donors (Lipinski definition) is 0. The van der Waals surface area contributed by atoms with E-state index in [9.17, 15) is 10.1 Å². The van der Waals surface area contributed by atoms with Crippen LogP contribution in [0.5, 0.6) is 0 Å². The molecule has 0 bridgehead atoms. The average molecular weight is 364 g/mol. The summed E-state index contributed by atoms with van der Waals surface area (Å²) in [5.74, 6) is -0.193. The lowest BCUT2D eigenvalue weighted by molar-refractivity contribution is -0.542. The van der Waals surface area contributed by atoms with E-state index in [1.54, 1.807) is 14.2 Å². The highest BCUT2D eigenvalue weighted by atomic mass is 28.4. The van der Waals surface area contributed by atoms with Crippen molar-refractivity contribution >= 4 is 8.32 Å². The Morgan fingerprint density at radius 3 is 1.96 bits per heavy atom. The molecule has 0 rings (SSSR count). The minimum atomic E-state index is -1.81. The highest BCUT2D eigenvalue weighted by Crippen LogP contribution is 2.37. The minimum absolute atomic E-state index is 0.0610. The van der Waals surface area contributed by atoms with E-state index >= 15 is 0 Å². The Hall–Kier alpha value is -0.503. The molecule has 0 aliphatic rings. The molecule has 0 aliphatic heterocycles. The molecular weight excluding hydrogens is 326 g/mol. The Bertz CT molecular complexity index is 380. The second-order valence-electron chi connectivity index (χ2n) is 8.26. The Balaban J connectivity index is 4.71. The largest absolute Gasteiger partial charge is 0.417 e. The van der Waals surface area contributed by atoms with Gasteiger partial charge in [-0.3, -0.25) is 10.1 Å². The molecule has 6 nitrogen and oxygen atoms in total. The molecule has 0 spiro atoms. The molecule has 0 aromatic heterocycles. The number of nitro groups is 1. The first kappa shape index (κ1) is 23.5. The fourth-order valence-corrected chi connectivity index (χ4v) is 3.66. The van der Waals surface area contributed by atoms with Crippen LogP contribution in [0, 0.1) is 22.0 Å². The molecule has 0 heterocycles. The van der Waals surface area contributed by atoms with Crippen LogP contribution in [0.15, 0.2) is 0 Å². The quantitative estimate of drug-likeness (QED) is 0.236. The van der Waals surface area contributed by atoms with Gasteiger partial charge >= 0.3 is 0 Å². The highest BCUT2D eigenvalue weighted by molar-refractivity contribution is 6.74. The van der Waals surface area contributed by atoms with Crippen molar-refractivity contribution in [2.75, 3.05) is 20.8 Å². The highest BCUT2D eigenvalue weighted by Gasteiger charge is 2.38. The smallest absolute Gasteiger partial charge is 0.218 e. The van der Waals surface area contributed by atoms with E-state index < -0.39 is 20.6 Å². The van der Waals surface area contributed by atoms with Crippen LogP contribution in [0.4, 0.5) is 0 Å². The van der Waals surface area contributed by atoms with Crippen molar-refractivity contribution in [3.05, 3.63) is 10.1 Å². The van der Waals surface area contributed by atoms with Gasteiger partial charge in [0.15, 0.2) is 14.6 Å². The van der Waals surface area contributed by atoms with Crippen molar-refractivity contribution in [1.29, 1.82) is 0 Å². The molecule has 0 N–H and O–H groups in total. The summed E-state index contributed by atoms with van der Waals surface area (Å²) in [6, 6.07) is -0.624. The minimum Gasteiger partial charge on any atom is -0.417 e. The summed E-state index contributed by atoms with van der Waals surface area (Å²) in [6.45, 7) is 15.4. The standard InChI is InChI=1S/C17H37NO5Si/c1-13(10-11-23-24(8,9)17(3,4)5)16(18(19)20)14(2)12-15(21-6)22-7/h13-16H,10-12H2,1-9H3/t13-,14+,16?/m0/s1. The van der Waals surface area contributed by atoms with E-state index in [0.29, 0.717) is 19.4 Å². The third kappa shape index (κ3) is 7.17. The van der Waals surface area contributed by atoms with Crippen molar-refractivity contribution in [2.45, 2.75) is 77.9 Å². The molecule has 144 valence electrons. The Labute approximate surface area is 148 Å². The van der Waals surface area contributed by atoms with Crippen LogP contribution < -0.4 is 0 Å². The lowest BCUT2D eigenvalue weighted by Gasteiger charge is -2.36. The first-order chi connectivity index (χ1) is 10.9. The number of rotatable bonds is 11. The molecule has 1 unspecified atom stereocenters. The summed E-state index contributed by atoms with van der Waals surface area (Å²) in [7, 11) is 1.30. The zero-order valence-electron chi connectivity index (χ0n) is 16.9. The fourth-order valence-electron chi connectivity index (χ4n) is 2.60. The van der Waals surface area contributed by atoms with Crippen LogP contribution in [-0.2, 0) is 13.9 Å². The fraction of sp³-hybridized carbons (Fsp3) is 1.00. The molecule has 24 heavy (non-hydrogen) atoms. The normalized spacial score (nSPS) is 16.9. The summed E-state index contributed by atoms with van der Waals surface area (Å²) in [5, 5.41) is 11.7. The number of ether oxygens (including phenoxy) is 2. The van der Waals surface area contributed by atoms with Crippen LogP contribution in [-0.4, -0.2) is 46.4 Å². The first-order valence-corrected chi connectivity index (χ1v) is 11.6. The van der Waals surface area contributed by atoms with E-state index in [-0.39, 0.29) is 21.8 Å². The maximum atomic E-state index is 11.6. The van der Waals surface area contributed by atoms with Crippen molar-refractivity contribution in [1.82, 2.24) is 0 Å². The van der Waals surface area contributed by atoms with Gasteiger partial charge in [-0.25, -0.2) is 0 Å². The van der Waals surface area contributed by atoms with E-state index in [2.05, 4.69) is 33.9 Å². The van der Waals surface area contributed by atoms with Gasteiger partial charge in [-0.2, -0.15) is 0 Å². The maximum absolute atomic E-state index is 11.6. The van der Waals surface area contributed by atoms with Gasteiger partial charge in [-0.1, -0.05) is 34.6 Å². The van der Waals surface area contributed by atoms with Crippen molar-refractivity contribution in [3.8, 4) is 0 Å².